The Balaban J connectivity index is 1.59. The van der Waals surface area contributed by atoms with Gasteiger partial charge in [0.15, 0.2) is 5.13 Å². The molecule has 2 aromatic carbocycles. The lowest BCUT2D eigenvalue weighted by Gasteiger charge is -2.18. The van der Waals surface area contributed by atoms with Crippen LogP contribution in [-0.2, 0) is 27.4 Å². The topological polar surface area (TPSA) is 59.5 Å². The van der Waals surface area contributed by atoms with Gasteiger partial charge in [-0.25, -0.2) is 4.98 Å². The van der Waals surface area contributed by atoms with E-state index in [9.17, 15) is 9.59 Å². The summed E-state index contributed by atoms with van der Waals surface area (Å²) in [7, 11) is 0. The number of benzene rings is 2. The van der Waals surface area contributed by atoms with Crippen molar-refractivity contribution in [2.24, 2.45) is 0 Å². The fraction of sp³-hybridized carbons (Fsp3) is 0.227. The van der Waals surface area contributed by atoms with Crippen molar-refractivity contribution in [1.82, 2.24) is 4.98 Å². The van der Waals surface area contributed by atoms with Crippen LogP contribution in [0, 0.1) is 6.92 Å². The minimum absolute atomic E-state index is 0.101. The van der Waals surface area contributed by atoms with Gasteiger partial charge in [0.25, 0.3) is 0 Å². The Labute approximate surface area is 168 Å². The lowest BCUT2D eigenvalue weighted by Crippen LogP contribution is -2.22. The molecule has 5 nitrogen and oxygen atoms in total. The maximum atomic E-state index is 12.2. The second-order valence-corrected chi connectivity index (χ2v) is 7.30. The maximum absolute atomic E-state index is 12.2. The van der Waals surface area contributed by atoms with Crippen molar-refractivity contribution >= 4 is 34.0 Å². The number of thiazole rings is 1. The van der Waals surface area contributed by atoms with Crippen LogP contribution in [0.15, 0.2) is 60.0 Å². The summed E-state index contributed by atoms with van der Waals surface area (Å²) in [5.74, 6) is -0.383. The van der Waals surface area contributed by atoms with E-state index in [-0.39, 0.29) is 18.5 Å². The maximum Gasteiger partial charge on any atom is 0.306 e. The van der Waals surface area contributed by atoms with E-state index in [1.165, 1.54) is 18.3 Å². The van der Waals surface area contributed by atoms with E-state index < -0.39 is 0 Å². The minimum atomic E-state index is -0.263. The fourth-order valence-corrected chi connectivity index (χ4v) is 3.65. The van der Waals surface area contributed by atoms with Crippen LogP contribution in [0.5, 0.6) is 0 Å². The smallest absolute Gasteiger partial charge is 0.306 e. The number of rotatable bonds is 7. The summed E-state index contributed by atoms with van der Waals surface area (Å²) >= 11 is 1.35. The van der Waals surface area contributed by atoms with Gasteiger partial charge < -0.3 is 4.74 Å². The number of ether oxygens (including phenoxy) is 1. The van der Waals surface area contributed by atoms with E-state index in [2.05, 4.69) is 4.98 Å². The standard InChI is InChI=1S/C22H22N2O3S/c1-16-7-6-10-20(13-16)24(17(2)25)22-23-19(15-28-22)14-27-21(26)12-11-18-8-4-3-5-9-18/h3-10,13,15H,11-12,14H2,1-2H3. The van der Waals surface area contributed by atoms with Crippen LogP contribution >= 0.6 is 11.3 Å². The van der Waals surface area contributed by atoms with Gasteiger partial charge in [0.1, 0.15) is 6.61 Å². The van der Waals surface area contributed by atoms with Crippen LogP contribution in [-0.4, -0.2) is 16.9 Å². The first-order valence-electron chi connectivity index (χ1n) is 9.04. The number of esters is 1. The molecule has 1 amide bonds. The summed E-state index contributed by atoms with van der Waals surface area (Å²) in [6.45, 7) is 3.58. The number of aryl methyl sites for hydroxylation is 2. The van der Waals surface area contributed by atoms with Gasteiger partial charge in [-0.05, 0) is 36.6 Å². The van der Waals surface area contributed by atoms with Gasteiger partial charge in [-0.15, -0.1) is 11.3 Å². The number of carbonyl (C=O) groups is 2. The second kappa shape index (κ2) is 9.28. The first-order valence-corrected chi connectivity index (χ1v) is 9.92. The highest BCUT2D eigenvalue weighted by molar-refractivity contribution is 7.14. The normalized spacial score (nSPS) is 10.5. The summed E-state index contributed by atoms with van der Waals surface area (Å²) in [6, 6.07) is 17.5. The van der Waals surface area contributed by atoms with Gasteiger partial charge in [0.05, 0.1) is 11.4 Å². The Morgan fingerprint density at radius 3 is 2.61 bits per heavy atom. The van der Waals surface area contributed by atoms with E-state index in [1.54, 1.807) is 4.90 Å². The summed E-state index contributed by atoms with van der Waals surface area (Å²) < 4.78 is 5.33. The SMILES string of the molecule is CC(=O)N(c1cccc(C)c1)c1nc(COC(=O)CCc2ccccc2)cs1. The Morgan fingerprint density at radius 1 is 1.11 bits per heavy atom. The van der Waals surface area contributed by atoms with Gasteiger partial charge in [0.2, 0.25) is 5.91 Å². The second-order valence-electron chi connectivity index (χ2n) is 6.46. The molecule has 6 heteroatoms. The third-order valence-electron chi connectivity index (χ3n) is 4.15. The molecule has 0 aliphatic rings. The molecule has 144 valence electrons. The molecule has 0 bridgehead atoms. The van der Waals surface area contributed by atoms with Crippen LogP contribution in [0.2, 0.25) is 0 Å². The number of anilines is 2. The summed E-state index contributed by atoms with van der Waals surface area (Å²) in [5.41, 5.74) is 3.57. The number of hydrogen-bond donors (Lipinski definition) is 0. The molecule has 28 heavy (non-hydrogen) atoms. The third-order valence-corrected chi connectivity index (χ3v) is 5.02. The van der Waals surface area contributed by atoms with Crippen molar-refractivity contribution in [3.63, 3.8) is 0 Å². The van der Waals surface area contributed by atoms with E-state index in [0.717, 1.165) is 16.8 Å². The molecule has 1 heterocycles. The van der Waals surface area contributed by atoms with Crippen LogP contribution in [0.25, 0.3) is 0 Å². The number of nitrogens with zero attached hydrogens (tertiary/aromatic N) is 2. The van der Waals surface area contributed by atoms with Crippen molar-refractivity contribution in [3.8, 4) is 0 Å². The number of aromatic nitrogens is 1. The van der Waals surface area contributed by atoms with Crippen LogP contribution in [0.3, 0.4) is 0 Å². The highest BCUT2D eigenvalue weighted by atomic mass is 32.1. The molecule has 1 aromatic heterocycles. The molecule has 3 aromatic rings. The van der Waals surface area contributed by atoms with Crippen molar-refractivity contribution in [2.45, 2.75) is 33.3 Å². The average Bonchev–Trinajstić information content (AvgIpc) is 3.14. The van der Waals surface area contributed by atoms with Gasteiger partial charge in [-0.2, -0.15) is 0 Å². The lowest BCUT2D eigenvalue weighted by atomic mass is 10.1. The molecule has 0 radical (unpaired) electrons. The molecule has 0 N–H and O–H groups in total. The monoisotopic (exact) mass is 394 g/mol. The molecular formula is C22H22N2O3S. The molecular weight excluding hydrogens is 372 g/mol. The van der Waals surface area contributed by atoms with Crippen molar-refractivity contribution in [2.75, 3.05) is 4.90 Å². The average molecular weight is 394 g/mol. The van der Waals surface area contributed by atoms with Crippen molar-refractivity contribution in [1.29, 1.82) is 0 Å². The largest absolute Gasteiger partial charge is 0.459 e. The van der Waals surface area contributed by atoms with Crippen LogP contribution < -0.4 is 4.90 Å². The zero-order chi connectivity index (χ0) is 19.9. The predicted molar refractivity (Wildman–Crippen MR) is 111 cm³/mol. The molecule has 0 aliphatic carbocycles. The first kappa shape index (κ1) is 19.8. The number of amides is 1. The molecule has 0 unspecified atom stereocenters. The van der Waals surface area contributed by atoms with Gasteiger partial charge >= 0.3 is 5.97 Å². The first-order chi connectivity index (χ1) is 13.5. The molecule has 0 fully saturated rings. The Hall–Kier alpha value is -2.99. The van der Waals surface area contributed by atoms with Gasteiger partial charge in [-0.1, -0.05) is 42.5 Å². The highest BCUT2D eigenvalue weighted by Crippen LogP contribution is 2.29. The Kier molecular flexibility index (Phi) is 6.55. The van der Waals surface area contributed by atoms with E-state index in [4.69, 9.17) is 4.74 Å². The Morgan fingerprint density at radius 2 is 1.89 bits per heavy atom. The minimum Gasteiger partial charge on any atom is -0.459 e. The molecule has 0 spiro atoms. The Bertz CT molecular complexity index is 953. The van der Waals surface area contributed by atoms with Crippen molar-refractivity contribution < 1.29 is 14.3 Å². The van der Waals surface area contributed by atoms with E-state index >= 15 is 0 Å². The molecule has 0 aliphatic heterocycles. The quantitative estimate of drug-likeness (QED) is 0.540. The lowest BCUT2D eigenvalue weighted by molar-refractivity contribution is -0.145. The predicted octanol–water partition coefficient (Wildman–Crippen LogP) is 4.81. The summed E-state index contributed by atoms with van der Waals surface area (Å²) in [4.78, 5) is 30.2. The van der Waals surface area contributed by atoms with Crippen LogP contribution in [0.4, 0.5) is 10.8 Å². The zero-order valence-corrected chi connectivity index (χ0v) is 16.7. The fourth-order valence-electron chi connectivity index (χ4n) is 2.78. The third kappa shape index (κ3) is 5.27. The van der Waals surface area contributed by atoms with Gasteiger partial charge in [-0.3, -0.25) is 14.5 Å². The molecule has 3 rings (SSSR count). The van der Waals surface area contributed by atoms with Crippen LogP contribution in [0.1, 0.15) is 30.2 Å². The van der Waals surface area contributed by atoms with Crippen molar-refractivity contribution in [3.05, 3.63) is 76.8 Å². The number of hydrogen-bond acceptors (Lipinski definition) is 5. The molecule has 0 saturated heterocycles. The molecule has 0 atom stereocenters. The van der Waals surface area contributed by atoms with Gasteiger partial charge in [0, 0.05) is 18.7 Å². The van der Waals surface area contributed by atoms with E-state index in [1.807, 2.05) is 66.9 Å². The molecule has 0 saturated carbocycles. The summed E-state index contributed by atoms with van der Waals surface area (Å²) in [5, 5.41) is 2.37. The zero-order valence-electron chi connectivity index (χ0n) is 15.9. The number of carbonyl (C=O) groups excluding carboxylic acids is 2. The highest BCUT2D eigenvalue weighted by Gasteiger charge is 2.18. The van der Waals surface area contributed by atoms with E-state index in [0.29, 0.717) is 23.7 Å². The summed E-state index contributed by atoms with van der Waals surface area (Å²) in [6.07, 6.45) is 0.970.